The van der Waals surface area contributed by atoms with Crippen LogP contribution in [0.25, 0.3) is 22.4 Å². The first kappa shape index (κ1) is 32.4. The number of para-hydroxylation sites is 1. The van der Waals surface area contributed by atoms with Gasteiger partial charge in [0.15, 0.2) is 0 Å². The van der Waals surface area contributed by atoms with Gasteiger partial charge in [-0.1, -0.05) is 6.07 Å². The number of fused-ring (bicyclic) bond motifs is 4. The van der Waals surface area contributed by atoms with Crippen molar-refractivity contribution in [2.75, 3.05) is 11.4 Å². The molecule has 4 aliphatic rings. The Morgan fingerprint density at radius 3 is 2.33 bits per heavy atom. The molecule has 1 aliphatic heterocycles. The minimum Gasteiger partial charge on any atom is -1.00 e. The van der Waals surface area contributed by atoms with Gasteiger partial charge in [-0.25, -0.2) is 0 Å². The minimum atomic E-state index is -0.663. The van der Waals surface area contributed by atoms with Crippen LogP contribution in [-0.2, 0) is 30.8 Å². The summed E-state index contributed by atoms with van der Waals surface area (Å²) in [5.74, 6) is 0.311. The van der Waals surface area contributed by atoms with E-state index in [4.69, 9.17) is 0 Å². The van der Waals surface area contributed by atoms with Gasteiger partial charge in [-0.2, -0.15) is 0 Å². The third kappa shape index (κ3) is 5.01. The van der Waals surface area contributed by atoms with Crippen molar-refractivity contribution in [1.29, 1.82) is 0 Å². The van der Waals surface area contributed by atoms with Crippen LogP contribution in [0.5, 0.6) is 0 Å². The minimum absolute atomic E-state index is 0. The molecular formula is C40H36Cl2HfNSi. The fourth-order valence-electron chi connectivity index (χ4n) is 8.17. The van der Waals surface area contributed by atoms with Gasteiger partial charge < -0.3 is 24.8 Å². The van der Waals surface area contributed by atoms with E-state index in [9.17, 15) is 0 Å². The summed E-state index contributed by atoms with van der Waals surface area (Å²) in [6.45, 7) is 10.9. The van der Waals surface area contributed by atoms with Crippen LogP contribution in [-0.4, -0.2) is 20.1 Å². The van der Waals surface area contributed by atoms with E-state index in [2.05, 4.69) is 129 Å². The first-order valence-electron chi connectivity index (χ1n) is 15.6. The maximum absolute atomic E-state index is 2.62. The van der Waals surface area contributed by atoms with Crippen molar-refractivity contribution >= 4 is 47.4 Å². The Kier molecular flexibility index (Phi) is 9.04. The Labute approximate surface area is 296 Å². The van der Waals surface area contributed by atoms with E-state index >= 15 is 0 Å². The average Bonchev–Trinajstić information content (AvgIpc) is 3.67. The summed E-state index contributed by atoms with van der Waals surface area (Å²) >= 11 is 1.14. The molecule has 0 amide bonds. The molecule has 0 fully saturated rings. The Balaban J connectivity index is 0.00000179. The number of anilines is 2. The molecule has 0 aromatic heterocycles. The molecule has 0 radical (unpaired) electrons. The van der Waals surface area contributed by atoms with Crippen LogP contribution in [0.15, 0.2) is 119 Å². The number of hydrogen-bond donors (Lipinski definition) is 0. The molecular weight excluding hydrogens is 772 g/mol. The van der Waals surface area contributed by atoms with Crippen molar-refractivity contribution in [1.82, 2.24) is 0 Å². The van der Waals surface area contributed by atoms with Crippen molar-refractivity contribution in [3.8, 4) is 0 Å². The fourth-order valence-corrected chi connectivity index (χ4v) is 11.0. The molecule has 45 heavy (non-hydrogen) atoms. The maximum Gasteiger partial charge on any atom is -1.00 e. The van der Waals surface area contributed by atoms with Crippen LogP contribution in [0.3, 0.4) is 0 Å². The van der Waals surface area contributed by atoms with Crippen LogP contribution in [0.1, 0.15) is 48.4 Å². The first-order valence-corrected chi connectivity index (χ1v) is 20.2. The van der Waals surface area contributed by atoms with Gasteiger partial charge >= 0.3 is 268 Å². The smallest absolute Gasteiger partial charge is 1.00 e. The molecule has 0 N–H and O–H groups in total. The molecule has 3 aliphatic carbocycles. The third-order valence-electron chi connectivity index (χ3n) is 10.2. The number of benzene rings is 4. The second-order valence-corrected chi connectivity index (χ2v) is 17.5. The second kappa shape index (κ2) is 12.6. The number of rotatable bonds is 3. The van der Waals surface area contributed by atoms with Crippen molar-refractivity contribution in [3.05, 3.63) is 141 Å². The topological polar surface area (TPSA) is 3.24 Å². The van der Waals surface area contributed by atoms with E-state index in [1.807, 2.05) is 0 Å². The Morgan fingerprint density at radius 2 is 1.51 bits per heavy atom. The summed E-state index contributed by atoms with van der Waals surface area (Å²) < 4.78 is 0.572. The van der Waals surface area contributed by atoms with Gasteiger partial charge in [0, 0.05) is 0 Å². The maximum atomic E-state index is 2.62. The van der Waals surface area contributed by atoms with Crippen molar-refractivity contribution in [3.63, 3.8) is 0 Å². The number of halogens is 2. The zero-order chi connectivity index (χ0) is 29.4. The van der Waals surface area contributed by atoms with E-state index in [0.29, 0.717) is 9.59 Å². The Bertz CT molecular complexity index is 2020. The third-order valence-corrected chi connectivity index (χ3v) is 14.5. The second-order valence-electron chi connectivity index (χ2n) is 12.8. The predicted octanol–water partition coefficient (Wildman–Crippen LogP) is 4.00. The average molecular weight is 808 g/mol. The van der Waals surface area contributed by atoms with Crippen LogP contribution in [0, 0.1) is 0 Å². The molecule has 223 valence electrons. The monoisotopic (exact) mass is 808 g/mol. The molecule has 0 saturated heterocycles. The Hall–Kier alpha value is -2.56. The molecule has 0 spiro atoms. The van der Waals surface area contributed by atoms with Crippen molar-refractivity contribution in [2.24, 2.45) is 0 Å². The van der Waals surface area contributed by atoms with Gasteiger partial charge in [0.1, 0.15) is 0 Å². The molecule has 8 rings (SSSR count). The van der Waals surface area contributed by atoms with Crippen LogP contribution >= 0.6 is 0 Å². The Morgan fingerprint density at radius 1 is 0.800 bits per heavy atom. The summed E-state index contributed by atoms with van der Waals surface area (Å²) in [6.07, 6.45) is 7.38. The summed E-state index contributed by atoms with van der Waals surface area (Å²) in [5.41, 5.74) is 18.0. The quantitative estimate of drug-likeness (QED) is 0.284. The molecule has 0 bridgehead atoms. The largest absolute Gasteiger partial charge is 1.00 e. The van der Waals surface area contributed by atoms with Gasteiger partial charge in [0.25, 0.3) is 0 Å². The summed E-state index contributed by atoms with van der Waals surface area (Å²) in [4.78, 5) is 2.57. The molecule has 1 nitrogen and oxygen atoms in total. The van der Waals surface area contributed by atoms with Gasteiger partial charge in [0.2, 0.25) is 0 Å². The number of allylic oxidation sites excluding steroid dienone is 7. The molecule has 2 unspecified atom stereocenters. The van der Waals surface area contributed by atoms with Gasteiger partial charge in [0.05, 0.1) is 0 Å². The van der Waals surface area contributed by atoms with Crippen molar-refractivity contribution < 1.29 is 49.2 Å². The first-order chi connectivity index (χ1) is 20.9. The van der Waals surface area contributed by atoms with E-state index < -0.39 is 8.41 Å². The summed E-state index contributed by atoms with van der Waals surface area (Å²) in [6, 6.07) is 32.0. The van der Waals surface area contributed by atoms with Crippen molar-refractivity contribution in [2.45, 2.75) is 49.4 Å². The number of nitrogens with zero attached hydrogens (tertiary/aromatic N) is 1. The molecule has 0 saturated carbocycles. The van der Waals surface area contributed by atoms with E-state index in [0.717, 1.165) is 43.8 Å². The van der Waals surface area contributed by atoms with Gasteiger partial charge in [-0.05, 0) is 0 Å². The zero-order valence-corrected chi connectivity index (χ0v) is 32.3. The SMILES string of the molecule is CC1=Cc2c(cccc2N2CCc3ccccc32)C1C1=C2C(=CCC1=[Si](C)C)[CH]([Hf+2])C(C)=C2c1cccc2ccccc12.[Cl-].[Cl-]. The van der Waals surface area contributed by atoms with Crippen LogP contribution in [0.4, 0.5) is 11.4 Å². The van der Waals surface area contributed by atoms with Gasteiger partial charge in [-0.3, -0.25) is 0 Å². The molecule has 4 aromatic rings. The summed E-state index contributed by atoms with van der Waals surface area (Å²) in [5, 5.41) is 4.42. The molecule has 2 atom stereocenters. The van der Waals surface area contributed by atoms with E-state index in [1.165, 1.54) is 55.5 Å². The fraction of sp³-hybridized carbons (Fsp3) is 0.225. The zero-order valence-electron chi connectivity index (χ0n) is 26.2. The molecule has 4 aromatic carbocycles. The van der Waals surface area contributed by atoms with E-state index in [-0.39, 0.29) is 24.8 Å². The van der Waals surface area contributed by atoms with Crippen LogP contribution < -0.4 is 29.7 Å². The van der Waals surface area contributed by atoms with Crippen LogP contribution in [0.2, 0.25) is 16.8 Å². The standard InChI is InChI=1S/C40H36NSi.2ClH.Hf/c1-25-23-29-19-20-36(42(3)4)40(39(29)37(25)31-15-9-13-27-11-5-7-14-30(27)31)38-26(2)24-33-32(38)16-10-18-35(33)41-22-21-28-12-6-8-17-34(28)41;;;/h5-19,23-24,38H,20-22H2,1-4H3;2*1H;/q;;;+2/p-2. The summed E-state index contributed by atoms with van der Waals surface area (Å²) in [7, 11) is -0.663. The normalized spacial score (nSPS) is 20.0. The predicted molar refractivity (Wildman–Crippen MR) is 182 cm³/mol. The number of hydrogen-bond acceptors (Lipinski definition) is 1. The molecule has 5 heteroatoms. The van der Waals surface area contributed by atoms with Gasteiger partial charge in [-0.15, -0.1) is 0 Å². The van der Waals surface area contributed by atoms with E-state index in [1.54, 1.807) is 27.5 Å². The molecule has 1 heterocycles.